The number of aliphatic hydroxyl groups is 1. The third kappa shape index (κ3) is 5.78. The smallest absolute Gasteiger partial charge is 0.191 e. The predicted molar refractivity (Wildman–Crippen MR) is 113 cm³/mol. The third-order valence-electron chi connectivity index (χ3n) is 4.29. The van der Waals surface area contributed by atoms with Crippen molar-refractivity contribution in [3.05, 3.63) is 58.6 Å². The minimum Gasteiger partial charge on any atom is -0.497 e. The molecule has 0 saturated carbocycles. The normalized spacial score (nSPS) is 13.6. The van der Waals surface area contributed by atoms with Gasteiger partial charge in [0.05, 0.1) is 26.8 Å². The molecule has 2 unspecified atom stereocenters. The quantitative estimate of drug-likeness (QED) is 0.461. The van der Waals surface area contributed by atoms with Crippen LogP contribution in [-0.2, 0) is 0 Å². The Hall–Kier alpha value is -2.44. The topological polar surface area (TPSA) is 75.1 Å². The van der Waals surface area contributed by atoms with Gasteiger partial charge in [0.15, 0.2) is 5.96 Å². The van der Waals surface area contributed by atoms with Gasteiger partial charge in [0.25, 0.3) is 0 Å². The van der Waals surface area contributed by atoms with Crippen molar-refractivity contribution < 1.29 is 14.6 Å². The SMILES string of the molecule is CCNC(=NCC(O)c1cc(OC)ccc1OC)NC(C)c1ccccc1Cl. The fourth-order valence-electron chi connectivity index (χ4n) is 2.81. The third-order valence-corrected chi connectivity index (χ3v) is 4.63. The standard InChI is InChI=1S/C21H28ClN3O3/c1-5-23-21(25-14(2)16-8-6-7-9-18(16)22)24-13-19(26)17-12-15(27-3)10-11-20(17)28-4/h6-12,14,19,26H,5,13H2,1-4H3,(H2,23,24,25). The maximum absolute atomic E-state index is 10.6. The second-order valence-electron chi connectivity index (χ2n) is 6.23. The number of hydrogen-bond acceptors (Lipinski definition) is 4. The number of aliphatic hydroxyl groups excluding tert-OH is 1. The minimum absolute atomic E-state index is 0.0463. The zero-order valence-electron chi connectivity index (χ0n) is 16.7. The molecule has 0 aliphatic rings. The number of aliphatic imine (C=N–C) groups is 1. The van der Waals surface area contributed by atoms with Crippen LogP contribution in [0.3, 0.4) is 0 Å². The lowest BCUT2D eigenvalue weighted by Gasteiger charge is -2.20. The molecule has 0 fully saturated rings. The Labute approximate surface area is 171 Å². The molecule has 2 aromatic rings. The molecule has 2 atom stereocenters. The first-order valence-electron chi connectivity index (χ1n) is 9.19. The molecule has 6 nitrogen and oxygen atoms in total. The van der Waals surface area contributed by atoms with Gasteiger partial charge in [0, 0.05) is 17.1 Å². The summed E-state index contributed by atoms with van der Waals surface area (Å²) in [4.78, 5) is 4.52. The highest BCUT2D eigenvalue weighted by molar-refractivity contribution is 6.31. The average Bonchev–Trinajstić information content (AvgIpc) is 2.71. The number of guanidine groups is 1. The first-order chi connectivity index (χ1) is 13.5. The number of hydrogen-bond donors (Lipinski definition) is 3. The minimum atomic E-state index is -0.837. The van der Waals surface area contributed by atoms with Gasteiger partial charge in [-0.3, -0.25) is 4.99 Å². The number of nitrogens with zero attached hydrogens (tertiary/aromatic N) is 1. The summed E-state index contributed by atoms with van der Waals surface area (Å²) in [5.74, 6) is 1.83. The fourth-order valence-corrected chi connectivity index (χ4v) is 3.10. The van der Waals surface area contributed by atoms with E-state index in [2.05, 4.69) is 15.6 Å². The van der Waals surface area contributed by atoms with Gasteiger partial charge in [-0.25, -0.2) is 0 Å². The van der Waals surface area contributed by atoms with E-state index in [4.69, 9.17) is 21.1 Å². The average molecular weight is 406 g/mol. The Morgan fingerprint density at radius 3 is 2.54 bits per heavy atom. The van der Waals surface area contributed by atoms with Gasteiger partial charge >= 0.3 is 0 Å². The lowest BCUT2D eigenvalue weighted by molar-refractivity contribution is 0.182. The number of ether oxygens (including phenoxy) is 2. The number of halogens is 1. The van der Waals surface area contributed by atoms with E-state index in [1.807, 2.05) is 38.1 Å². The van der Waals surface area contributed by atoms with Gasteiger partial charge < -0.3 is 25.2 Å². The summed E-state index contributed by atoms with van der Waals surface area (Å²) in [6.45, 7) is 4.85. The van der Waals surface area contributed by atoms with Crippen molar-refractivity contribution in [2.75, 3.05) is 27.3 Å². The van der Waals surface area contributed by atoms with E-state index in [9.17, 15) is 5.11 Å². The molecule has 0 heterocycles. The number of benzene rings is 2. The monoisotopic (exact) mass is 405 g/mol. The summed E-state index contributed by atoms with van der Waals surface area (Å²) in [6.07, 6.45) is -0.837. The molecule has 7 heteroatoms. The largest absolute Gasteiger partial charge is 0.497 e. The first kappa shape index (κ1) is 21.9. The fraction of sp³-hybridized carbons (Fsp3) is 0.381. The van der Waals surface area contributed by atoms with E-state index >= 15 is 0 Å². The highest BCUT2D eigenvalue weighted by Gasteiger charge is 2.16. The lowest BCUT2D eigenvalue weighted by Crippen LogP contribution is -2.39. The molecule has 0 radical (unpaired) electrons. The summed E-state index contributed by atoms with van der Waals surface area (Å²) in [5, 5.41) is 17.8. The summed E-state index contributed by atoms with van der Waals surface area (Å²) in [7, 11) is 3.15. The van der Waals surface area contributed by atoms with Crippen LogP contribution >= 0.6 is 11.6 Å². The van der Waals surface area contributed by atoms with Crippen LogP contribution in [0.2, 0.25) is 5.02 Å². The van der Waals surface area contributed by atoms with Gasteiger partial charge in [0.1, 0.15) is 17.6 Å². The Morgan fingerprint density at radius 2 is 1.89 bits per heavy atom. The molecule has 0 aliphatic carbocycles. The Morgan fingerprint density at radius 1 is 1.14 bits per heavy atom. The second-order valence-corrected chi connectivity index (χ2v) is 6.64. The van der Waals surface area contributed by atoms with Crippen LogP contribution in [0.4, 0.5) is 0 Å². The summed E-state index contributed by atoms with van der Waals surface area (Å²) in [5.41, 5.74) is 1.60. The van der Waals surface area contributed by atoms with Gasteiger partial charge in [-0.15, -0.1) is 0 Å². The predicted octanol–water partition coefficient (Wildman–Crippen LogP) is 3.71. The van der Waals surface area contributed by atoms with Crippen LogP contribution in [0.1, 0.15) is 37.1 Å². The van der Waals surface area contributed by atoms with Crippen LogP contribution in [0, 0.1) is 0 Å². The number of rotatable bonds is 8. The molecule has 0 bridgehead atoms. The highest BCUT2D eigenvalue weighted by Crippen LogP contribution is 2.29. The van der Waals surface area contributed by atoms with Crippen molar-refractivity contribution in [1.82, 2.24) is 10.6 Å². The van der Waals surface area contributed by atoms with Crippen LogP contribution in [0.5, 0.6) is 11.5 Å². The van der Waals surface area contributed by atoms with Gasteiger partial charge in [-0.2, -0.15) is 0 Å². The van der Waals surface area contributed by atoms with E-state index in [0.717, 1.165) is 5.56 Å². The van der Waals surface area contributed by atoms with Crippen LogP contribution < -0.4 is 20.1 Å². The van der Waals surface area contributed by atoms with Crippen molar-refractivity contribution in [3.8, 4) is 11.5 Å². The highest BCUT2D eigenvalue weighted by atomic mass is 35.5. The van der Waals surface area contributed by atoms with Gasteiger partial charge in [-0.05, 0) is 43.7 Å². The number of methoxy groups -OCH3 is 2. The first-order valence-corrected chi connectivity index (χ1v) is 9.57. The van der Waals surface area contributed by atoms with Crippen molar-refractivity contribution in [3.63, 3.8) is 0 Å². The second kappa shape index (κ2) is 10.8. The Balaban J connectivity index is 2.15. The number of nitrogens with one attached hydrogen (secondary N) is 2. The van der Waals surface area contributed by atoms with Gasteiger partial charge in [0.2, 0.25) is 0 Å². The molecule has 0 amide bonds. The Kier molecular flexibility index (Phi) is 8.42. The molecular formula is C21H28ClN3O3. The summed E-state index contributed by atoms with van der Waals surface area (Å²) in [6, 6.07) is 12.9. The summed E-state index contributed by atoms with van der Waals surface area (Å²) < 4.78 is 10.6. The van der Waals surface area contributed by atoms with Crippen molar-refractivity contribution >= 4 is 17.6 Å². The maximum Gasteiger partial charge on any atom is 0.191 e. The zero-order valence-corrected chi connectivity index (χ0v) is 17.5. The van der Waals surface area contributed by atoms with Crippen molar-refractivity contribution in [1.29, 1.82) is 0 Å². The summed E-state index contributed by atoms with van der Waals surface area (Å²) >= 11 is 6.28. The molecule has 0 spiro atoms. The van der Waals surface area contributed by atoms with Crippen LogP contribution in [-0.4, -0.2) is 38.4 Å². The van der Waals surface area contributed by atoms with E-state index in [1.165, 1.54) is 0 Å². The molecule has 0 saturated heterocycles. The molecular weight excluding hydrogens is 378 g/mol. The molecule has 28 heavy (non-hydrogen) atoms. The zero-order chi connectivity index (χ0) is 20.5. The molecule has 3 N–H and O–H groups in total. The molecule has 0 aliphatic heterocycles. The van der Waals surface area contributed by atoms with Crippen molar-refractivity contribution in [2.45, 2.75) is 26.0 Å². The van der Waals surface area contributed by atoms with E-state index in [-0.39, 0.29) is 12.6 Å². The van der Waals surface area contributed by atoms with E-state index in [1.54, 1.807) is 32.4 Å². The molecule has 2 rings (SSSR count). The molecule has 152 valence electrons. The van der Waals surface area contributed by atoms with Crippen molar-refractivity contribution in [2.24, 2.45) is 4.99 Å². The maximum atomic E-state index is 10.6. The van der Waals surface area contributed by atoms with Gasteiger partial charge in [-0.1, -0.05) is 29.8 Å². The lowest BCUT2D eigenvalue weighted by atomic mass is 10.1. The van der Waals surface area contributed by atoms with Crippen LogP contribution in [0.25, 0.3) is 0 Å². The van der Waals surface area contributed by atoms with E-state index < -0.39 is 6.10 Å². The van der Waals surface area contributed by atoms with Crippen LogP contribution in [0.15, 0.2) is 47.5 Å². The molecule has 0 aromatic heterocycles. The Bertz CT molecular complexity index is 798. The van der Waals surface area contributed by atoms with E-state index in [0.29, 0.717) is 34.6 Å². The molecule has 2 aromatic carbocycles.